The van der Waals surface area contributed by atoms with Crippen molar-refractivity contribution in [3.05, 3.63) is 93.8 Å². The van der Waals surface area contributed by atoms with Gasteiger partial charge in [0.1, 0.15) is 23.7 Å². The smallest absolute Gasteiger partial charge is 0.292 e. The summed E-state index contributed by atoms with van der Waals surface area (Å²) in [5, 5.41) is 23.5. The quantitative estimate of drug-likeness (QED) is 0.467. The molecule has 7 nitrogen and oxygen atoms in total. The van der Waals surface area contributed by atoms with Crippen molar-refractivity contribution in [2.75, 3.05) is 5.32 Å². The van der Waals surface area contributed by atoms with Gasteiger partial charge in [-0.2, -0.15) is 0 Å². The van der Waals surface area contributed by atoms with Gasteiger partial charge in [-0.25, -0.2) is 0 Å². The number of hydrogen-bond acceptors (Lipinski definition) is 6. The van der Waals surface area contributed by atoms with Gasteiger partial charge < -0.3 is 15.2 Å². The number of aromatic nitrogens is 1. The molecule has 0 unspecified atom stereocenters. The number of aliphatic hydroxyl groups excluding tert-OH is 1. The molecule has 0 spiro atoms. The third-order valence-corrected chi connectivity index (χ3v) is 3.97. The number of nitro benzene ring substituents is 1. The molecule has 0 fully saturated rings. The summed E-state index contributed by atoms with van der Waals surface area (Å²) in [6, 6.07) is 17.8. The van der Waals surface area contributed by atoms with Gasteiger partial charge in [-0.15, -0.1) is 0 Å². The number of nitrogens with one attached hydrogen (secondary N) is 1. The molecule has 1 heterocycles. The second-order valence-corrected chi connectivity index (χ2v) is 5.84. The molecule has 0 amide bonds. The SMILES string of the molecule is O=[N+]([O-])c1ccc(CO)cc1NCc1ncccc1OCc1ccccc1. The molecular weight excluding hydrogens is 346 g/mol. The highest BCUT2D eigenvalue weighted by molar-refractivity contribution is 5.63. The van der Waals surface area contributed by atoms with Crippen LogP contribution in [0.4, 0.5) is 11.4 Å². The molecular formula is C20H19N3O4. The van der Waals surface area contributed by atoms with Gasteiger partial charge in [0.2, 0.25) is 0 Å². The Kier molecular flexibility index (Phi) is 5.96. The third kappa shape index (κ3) is 4.80. The average molecular weight is 365 g/mol. The molecule has 27 heavy (non-hydrogen) atoms. The van der Waals surface area contributed by atoms with Gasteiger partial charge in [0.05, 0.1) is 18.1 Å². The first-order valence-electron chi connectivity index (χ1n) is 8.40. The van der Waals surface area contributed by atoms with E-state index in [0.717, 1.165) is 5.56 Å². The van der Waals surface area contributed by atoms with Gasteiger partial charge in [0.15, 0.2) is 0 Å². The van der Waals surface area contributed by atoms with Gasteiger partial charge >= 0.3 is 0 Å². The minimum atomic E-state index is -0.464. The molecule has 0 aliphatic heterocycles. The molecule has 0 radical (unpaired) electrons. The lowest BCUT2D eigenvalue weighted by Gasteiger charge is -2.12. The summed E-state index contributed by atoms with van der Waals surface area (Å²) in [6.45, 7) is 0.460. The monoisotopic (exact) mass is 365 g/mol. The maximum Gasteiger partial charge on any atom is 0.292 e. The van der Waals surface area contributed by atoms with Crippen molar-refractivity contribution in [3.8, 4) is 5.75 Å². The summed E-state index contributed by atoms with van der Waals surface area (Å²) in [7, 11) is 0. The van der Waals surface area contributed by atoms with Gasteiger partial charge in [-0.3, -0.25) is 15.1 Å². The Morgan fingerprint density at radius 3 is 2.63 bits per heavy atom. The molecule has 0 bridgehead atoms. The van der Waals surface area contributed by atoms with Gasteiger partial charge in [-0.1, -0.05) is 30.3 Å². The van der Waals surface area contributed by atoms with E-state index in [0.29, 0.717) is 29.3 Å². The molecule has 138 valence electrons. The van der Waals surface area contributed by atoms with Crippen LogP contribution in [0.5, 0.6) is 5.75 Å². The van der Waals surface area contributed by atoms with Crippen LogP contribution in [-0.4, -0.2) is 15.0 Å². The van der Waals surface area contributed by atoms with E-state index in [2.05, 4.69) is 10.3 Å². The molecule has 3 aromatic rings. The normalized spacial score (nSPS) is 10.4. The van der Waals surface area contributed by atoms with Crippen LogP contribution in [0.15, 0.2) is 66.9 Å². The summed E-state index contributed by atoms with van der Waals surface area (Å²) in [5.41, 5.74) is 2.52. The maximum absolute atomic E-state index is 11.2. The van der Waals surface area contributed by atoms with E-state index in [1.165, 1.54) is 12.1 Å². The Balaban J connectivity index is 1.74. The third-order valence-electron chi connectivity index (χ3n) is 3.97. The van der Waals surface area contributed by atoms with Crippen molar-refractivity contribution in [2.24, 2.45) is 0 Å². The number of ether oxygens (including phenoxy) is 1. The first-order valence-corrected chi connectivity index (χ1v) is 8.40. The summed E-state index contributed by atoms with van der Waals surface area (Å²) in [5.74, 6) is 0.606. The minimum Gasteiger partial charge on any atom is -0.487 e. The van der Waals surface area contributed by atoms with Crippen LogP contribution in [-0.2, 0) is 19.8 Å². The topological polar surface area (TPSA) is 97.5 Å². The lowest BCUT2D eigenvalue weighted by molar-refractivity contribution is -0.384. The Bertz CT molecular complexity index is 916. The molecule has 3 rings (SSSR count). The fourth-order valence-electron chi connectivity index (χ4n) is 2.58. The van der Waals surface area contributed by atoms with Crippen LogP contribution >= 0.6 is 0 Å². The van der Waals surface area contributed by atoms with Crippen molar-refractivity contribution in [3.63, 3.8) is 0 Å². The zero-order valence-electron chi connectivity index (χ0n) is 14.5. The molecule has 0 saturated heterocycles. The van der Waals surface area contributed by atoms with Crippen LogP contribution in [0, 0.1) is 10.1 Å². The zero-order chi connectivity index (χ0) is 19.1. The Morgan fingerprint density at radius 2 is 1.89 bits per heavy atom. The second kappa shape index (κ2) is 8.77. The first-order chi connectivity index (χ1) is 13.2. The minimum absolute atomic E-state index is 0.0603. The second-order valence-electron chi connectivity index (χ2n) is 5.84. The molecule has 0 atom stereocenters. The number of nitrogens with zero attached hydrogens (tertiary/aromatic N) is 2. The van der Waals surface area contributed by atoms with Gasteiger partial charge in [-0.05, 0) is 35.4 Å². The fraction of sp³-hybridized carbons (Fsp3) is 0.150. The number of aliphatic hydroxyl groups is 1. The Morgan fingerprint density at radius 1 is 1.07 bits per heavy atom. The van der Waals surface area contributed by atoms with Crippen molar-refractivity contribution < 1.29 is 14.8 Å². The molecule has 7 heteroatoms. The number of anilines is 1. The van der Waals surface area contributed by atoms with Crippen LogP contribution < -0.4 is 10.1 Å². The lowest BCUT2D eigenvalue weighted by atomic mass is 10.1. The Labute approximate surface area is 156 Å². The summed E-state index contributed by atoms with van der Waals surface area (Å²) >= 11 is 0. The van der Waals surface area contributed by atoms with E-state index in [-0.39, 0.29) is 18.8 Å². The molecule has 0 aliphatic rings. The van der Waals surface area contributed by atoms with Gasteiger partial charge in [0.25, 0.3) is 5.69 Å². The van der Waals surface area contributed by atoms with Crippen LogP contribution in [0.3, 0.4) is 0 Å². The number of nitro groups is 1. The number of hydrogen-bond donors (Lipinski definition) is 2. The molecule has 2 N–H and O–H groups in total. The number of benzene rings is 2. The predicted molar refractivity (Wildman–Crippen MR) is 101 cm³/mol. The van der Waals surface area contributed by atoms with E-state index in [1.54, 1.807) is 18.3 Å². The van der Waals surface area contributed by atoms with E-state index in [9.17, 15) is 15.2 Å². The predicted octanol–water partition coefficient (Wildman–Crippen LogP) is 3.67. The molecule has 0 aliphatic carbocycles. The van der Waals surface area contributed by atoms with Crippen LogP contribution in [0.25, 0.3) is 0 Å². The highest BCUT2D eigenvalue weighted by Crippen LogP contribution is 2.27. The summed E-state index contributed by atoms with van der Waals surface area (Å²) in [4.78, 5) is 15.1. The zero-order valence-corrected chi connectivity index (χ0v) is 14.5. The Hall–Kier alpha value is -3.45. The molecule has 2 aromatic carbocycles. The summed E-state index contributed by atoms with van der Waals surface area (Å²) < 4.78 is 5.86. The lowest BCUT2D eigenvalue weighted by Crippen LogP contribution is -2.07. The summed E-state index contributed by atoms with van der Waals surface area (Å²) in [6.07, 6.45) is 1.64. The number of rotatable bonds is 8. The van der Waals surface area contributed by atoms with Crippen molar-refractivity contribution in [1.29, 1.82) is 0 Å². The number of pyridine rings is 1. The van der Waals surface area contributed by atoms with Crippen LogP contribution in [0.1, 0.15) is 16.8 Å². The van der Waals surface area contributed by atoms with E-state index in [1.807, 2.05) is 36.4 Å². The highest BCUT2D eigenvalue weighted by atomic mass is 16.6. The van der Waals surface area contributed by atoms with Crippen molar-refractivity contribution >= 4 is 11.4 Å². The highest BCUT2D eigenvalue weighted by Gasteiger charge is 2.15. The van der Waals surface area contributed by atoms with Crippen molar-refractivity contribution in [1.82, 2.24) is 4.98 Å². The van der Waals surface area contributed by atoms with E-state index < -0.39 is 4.92 Å². The van der Waals surface area contributed by atoms with E-state index in [4.69, 9.17) is 4.74 Å². The average Bonchev–Trinajstić information content (AvgIpc) is 2.71. The van der Waals surface area contributed by atoms with E-state index >= 15 is 0 Å². The first kappa shape index (κ1) is 18.3. The molecule has 1 aromatic heterocycles. The fourth-order valence-corrected chi connectivity index (χ4v) is 2.58. The largest absolute Gasteiger partial charge is 0.487 e. The van der Waals surface area contributed by atoms with Crippen LogP contribution in [0.2, 0.25) is 0 Å². The molecule has 0 saturated carbocycles. The van der Waals surface area contributed by atoms with Gasteiger partial charge in [0, 0.05) is 12.3 Å². The van der Waals surface area contributed by atoms with Crippen molar-refractivity contribution in [2.45, 2.75) is 19.8 Å². The maximum atomic E-state index is 11.2. The standard InChI is InChI=1S/C20H19N3O4/c24-13-16-8-9-19(23(25)26)17(11-16)22-12-18-20(7-4-10-21-18)27-14-15-5-2-1-3-6-15/h1-11,22,24H,12-14H2.